The number of ether oxygens (including phenoxy) is 1. The maximum Gasteiger partial charge on any atom is 0.338 e. The zero-order valence-electron chi connectivity index (χ0n) is 23.2. The Morgan fingerprint density at radius 3 is 1.54 bits per heavy atom. The lowest BCUT2D eigenvalue weighted by atomic mass is 9.98. The number of hydrogen-bond donors (Lipinski definition) is 6. The highest BCUT2D eigenvalue weighted by atomic mass is 16.5. The molecule has 0 bridgehead atoms. The molecule has 3 aromatic carbocycles. The van der Waals surface area contributed by atoms with Gasteiger partial charge in [0.1, 0.15) is 17.2 Å². The van der Waals surface area contributed by atoms with Crippen LogP contribution in [0.5, 0.6) is 28.7 Å². The van der Waals surface area contributed by atoms with Gasteiger partial charge in [-0.1, -0.05) is 64.7 Å². The van der Waals surface area contributed by atoms with Crippen LogP contribution in [-0.2, 0) is 4.74 Å². The van der Waals surface area contributed by atoms with Gasteiger partial charge in [0.2, 0.25) is 0 Å². The molecule has 6 N–H and O–H groups in total. The molecule has 0 heterocycles. The molecule has 1 saturated carbocycles. The molecule has 1 aliphatic carbocycles. The molecule has 0 spiro atoms. The fourth-order valence-corrected chi connectivity index (χ4v) is 2.91. The van der Waals surface area contributed by atoms with Crippen molar-refractivity contribution in [2.45, 2.75) is 71.8 Å². The summed E-state index contributed by atoms with van der Waals surface area (Å²) in [4.78, 5) is 11.2. The Labute approximate surface area is 231 Å². The van der Waals surface area contributed by atoms with Gasteiger partial charge in [0, 0.05) is 6.07 Å². The highest BCUT2D eigenvalue weighted by Gasteiger charge is 2.07. The minimum absolute atomic E-state index is 0.0359. The molecule has 0 aromatic heterocycles. The Morgan fingerprint density at radius 1 is 0.718 bits per heavy atom. The smallest absolute Gasteiger partial charge is 0.338 e. The molecular formula is C31H44O8. The van der Waals surface area contributed by atoms with Crippen molar-refractivity contribution in [3.05, 3.63) is 78.4 Å². The van der Waals surface area contributed by atoms with Gasteiger partial charge in [-0.25, -0.2) is 4.79 Å². The van der Waals surface area contributed by atoms with Crippen LogP contribution in [0.1, 0.15) is 76.1 Å². The summed E-state index contributed by atoms with van der Waals surface area (Å²) in [5.41, 5.74) is 0.464. The van der Waals surface area contributed by atoms with Crippen LogP contribution < -0.4 is 0 Å². The summed E-state index contributed by atoms with van der Waals surface area (Å²) in [5.74, 6) is -0.177. The number of para-hydroxylation sites is 2. The first-order valence-electron chi connectivity index (χ1n) is 13.2. The largest absolute Gasteiger partial charge is 0.508 e. The fourth-order valence-electron chi connectivity index (χ4n) is 2.91. The lowest BCUT2D eigenvalue weighted by Gasteiger charge is -2.14. The number of aliphatic hydroxyl groups is 1. The van der Waals surface area contributed by atoms with Crippen molar-refractivity contribution in [1.82, 2.24) is 0 Å². The van der Waals surface area contributed by atoms with Crippen molar-refractivity contribution in [3.8, 4) is 28.7 Å². The maximum absolute atomic E-state index is 11.2. The summed E-state index contributed by atoms with van der Waals surface area (Å²) in [6.07, 6.45) is 7.98. The standard InChI is InChI=1S/C10H12O3.2C6H6O2.C6H12O.C3H8/c1-2-7-13-10(12)8-3-5-9(11)6-4-8;7-5-2-1-3-6(8)4-5;7-5-3-1-2-4-6(5)8;7-6-4-2-1-3-5-6;1-3-2/h3-6,11H,2,7H2,1H3;2*1-4,7-8H;6-7H,1-5H2;3H2,1-2H3. The lowest BCUT2D eigenvalue weighted by molar-refractivity contribution is 0.0505. The Hall–Kier alpha value is -3.91. The second-order valence-corrected chi connectivity index (χ2v) is 8.69. The number of phenolic OH excluding ortho intramolecular Hbond substituents is 5. The molecule has 0 atom stereocenters. The van der Waals surface area contributed by atoms with Crippen molar-refractivity contribution in [2.24, 2.45) is 0 Å². The summed E-state index contributed by atoms with van der Waals surface area (Å²) in [6, 6.07) is 18.0. The van der Waals surface area contributed by atoms with Gasteiger partial charge in [-0.3, -0.25) is 0 Å². The van der Waals surface area contributed by atoms with Gasteiger partial charge in [0.05, 0.1) is 18.3 Å². The van der Waals surface area contributed by atoms with Crippen LogP contribution >= 0.6 is 0 Å². The molecule has 1 fully saturated rings. The third-order valence-electron chi connectivity index (χ3n) is 4.83. The average molecular weight is 545 g/mol. The Morgan fingerprint density at radius 2 is 1.21 bits per heavy atom. The summed E-state index contributed by atoms with van der Waals surface area (Å²) in [7, 11) is 0. The number of carbonyl (C=O) groups excluding carboxylic acids is 1. The molecule has 1 aliphatic rings. The number of rotatable bonds is 3. The van der Waals surface area contributed by atoms with Crippen LogP contribution in [0.25, 0.3) is 0 Å². The van der Waals surface area contributed by atoms with E-state index in [-0.39, 0.29) is 40.8 Å². The second kappa shape index (κ2) is 22.1. The normalized spacial score (nSPS) is 11.9. The van der Waals surface area contributed by atoms with E-state index < -0.39 is 0 Å². The molecule has 8 nitrogen and oxygen atoms in total. The van der Waals surface area contributed by atoms with Gasteiger partial charge in [-0.15, -0.1) is 0 Å². The monoisotopic (exact) mass is 544 g/mol. The highest BCUT2D eigenvalue weighted by Crippen LogP contribution is 2.21. The van der Waals surface area contributed by atoms with Gasteiger partial charge < -0.3 is 35.4 Å². The Kier molecular flexibility index (Phi) is 19.9. The van der Waals surface area contributed by atoms with Gasteiger partial charge >= 0.3 is 5.97 Å². The first-order chi connectivity index (χ1) is 18.6. The molecule has 8 heteroatoms. The number of aromatic hydroxyl groups is 5. The first kappa shape index (κ1) is 35.1. The van der Waals surface area contributed by atoms with E-state index in [2.05, 4.69) is 13.8 Å². The summed E-state index contributed by atoms with van der Waals surface area (Å²) in [5, 5.41) is 52.5. The van der Waals surface area contributed by atoms with Crippen molar-refractivity contribution in [1.29, 1.82) is 0 Å². The van der Waals surface area contributed by atoms with Crippen LogP contribution in [0, 0.1) is 0 Å². The fraction of sp³-hybridized carbons (Fsp3) is 0.387. The van der Waals surface area contributed by atoms with Crippen LogP contribution in [0.3, 0.4) is 0 Å². The van der Waals surface area contributed by atoms with Gasteiger partial charge in [-0.2, -0.15) is 0 Å². The average Bonchev–Trinajstić information content (AvgIpc) is 2.91. The van der Waals surface area contributed by atoms with Crippen molar-refractivity contribution in [3.63, 3.8) is 0 Å². The van der Waals surface area contributed by atoms with Gasteiger partial charge in [0.15, 0.2) is 11.5 Å². The molecular weight excluding hydrogens is 500 g/mol. The van der Waals surface area contributed by atoms with E-state index in [0.717, 1.165) is 19.3 Å². The Balaban J connectivity index is 0.000000490. The van der Waals surface area contributed by atoms with Crippen molar-refractivity contribution in [2.75, 3.05) is 6.61 Å². The van der Waals surface area contributed by atoms with E-state index in [1.54, 1.807) is 18.2 Å². The van der Waals surface area contributed by atoms with Crippen LogP contribution in [-0.4, -0.2) is 49.3 Å². The molecule has 0 amide bonds. The van der Waals surface area contributed by atoms with Crippen LogP contribution in [0.2, 0.25) is 0 Å². The molecule has 3 aromatic rings. The van der Waals surface area contributed by atoms with E-state index in [0.29, 0.717) is 12.2 Å². The van der Waals surface area contributed by atoms with E-state index >= 15 is 0 Å². The second-order valence-electron chi connectivity index (χ2n) is 8.69. The molecule has 0 unspecified atom stereocenters. The molecule has 4 rings (SSSR count). The summed E-state index contributed by atoms with van der Waals surface area (Å²) >= 11 is 0. The van der Waals surface area contributed by atoms with E-state index in [1.165, 1.54) is 80.3 Å². The van der Waals surface area contributed by atoms with Crippen LogP contribution in [0.4, 0.5) is 0 Å². The highest BCUT2D eigenvalue weighted by molar-refractivity contribution is 5.89. The summed E-state index contributed by atoms with van der Waals surface area (Å²) < 4.78 is 4.90. The minimum Gasteiger partial charge on any atom is -0.508 e. The van der Waals surface area contributed by atoms with Crippen molar-refractivity contribution < 1.29 is 40.2 Å². The number of esters is 1. The summed E-state index contributed by atoms with van der Waals surface area (Å²) in [6.45, 7) is 6.61. The quantitative estimate of drug-likeness (QED) is 0.154. The molecule has 39 heavy (non-hydrogen) atoms. The van der Waals surface area contributed by atoms with E-state index in [4.69, 9.17) is 35.4 Å². The van der Waals surface area contributed by atoms with E-state index in [1.807, 2.05) is 6.92 Å². The number of carbonyl (C=O) groups is 1. The molecule has 0 saturated heterocycles. The third-order valence-corrected chi connectivity index (χ3v) is 4.83. The maximum atomic E-state index is 11.2. The minimum atomic E-state index is -0.346. The number of phenols is 5. The molecule has 216 valence electrons. The van der Waals surface area contributed by atoms with E-state index in [9.17, 15) is 4.79 Å². The zero-order valence-corrected chi connectivity index (χ0v) is 23.2. The molecule has 0 radical (unpaired) electrons. The zero-order chi connectivity index (χ0) is 29.5. The number of benzene rings is 3. The lowest BCUT2D eigenvalue weighted by Crippen LogP contribution is -2.09. The SMILES string of the molecule is CCC.CCCOC(=O)c1ccc(O)cc1.OC1CCCCC1.Oc1cccc(O)c1.Oc1ccccc1O. The van der Waals surface area contributed by atoms with Crippen molar-refractivity contribution >= 4 is 5.97 Å². The first-order valence-corrected chi connectivity index (χ1v) is 13.2. The number of aliphatic hydroxyl groups excluding tert-OH is 1. The van der Waals surface area contributed by atoms with Gasteiger partial charge in [-0.05, 0) is 67.8 Å². The predicted molar refractivity (Wildman–Crippen MR) is 153 cm³/mol. The predicted octanol–water partition coefficient (Wildman–Crippen LogP) is 6.88. The van der Waals surface area contributed by atoms with Gasteiger partial charge in [0.25, 0.3) is 0 Å². The Bertz CT molecular complexity index is 977. The third kappa shape index (κ3) is 18.9. The molecule has 0 aliphatic heterocycles. The van der Waals surface area contributed by atoms with Crippen LogP contribution in [0.15, 0.2) is 72.8 Å². The number of hydrogen-bond acceptors (Lipinski definition) is 8. The topological polar surface area (TPSA) is 148 Å².